The summed E-state index contributed by atoms with van der Waals surface area (Å²) < 4.78 is 22.5. The van der Waals surface area contributed by atoms with Gasteiger partial charge in [-0.1, -0.05) is 225 Å². The number of allylic oxidation sites excluding steroid dienone is 1. The molecule has 2 heterocycles. The van der Waals surface area contributed by atoms with Crippen molar-refractivity contribution in [3.05, 3.63) is 12.2 Å². The predicted octanol–water partition coefficient (Wildman–Crippen LogP) is 8.72. The molecular formula is C55H105NO13. The van der Waals surface area contributed by atoms with Crippen LogP contribution in [0.5, 0.6) is 0 Å². The van der Waals surface area contributed by atoms with E-state index in [0.29, 0.717) is 6.42 Å². The molecule has 0 aromatic carbocycles. The average molecular weight is 988 g/mol. The molecule has 12 unspecified atom stereocenters. The highest BCUT2D eigenvalue weighted by molar-refractivity contribution is 5.76. The number of carbonyl (C=O) groups excluding carboxylic acids is 1. The lowest BCUT2D eigenvalue weighted by atomic mass is 9.97. The highest BCUT2D eigenvalue weighted by atomic mass is 16.7. The van der Waals surface area contributed by atoms with Crippen LogP contribution in [0.1, 0.15) is 239 Å². The summed E-state index contributed by atoms with van der Waals surface area (Å²) in [6.07, 6.45) is 31.6. The zero-order valence-electron chi connectivity index (χ0n) is 43.6. The predicted molar refractivity (Wildman–Crippen MR) is 272 cm³/mol. The van der Waals surface area contributed by atoms with Crippen molar-refractivity contribution in [2.75, 3.05) is 19.8 Å². The van der Waals surface area contributed by atoms with Crippen LogP contribution >= 0.6 is 0 Å². The smallest absolute Gasteiger partial charge is 0.220 e. The van der Waals surface area contributed by atoms with Gasteiger partial charge in [0.15, 0.2) is 12.6 Å². The fourth-order valence-corrected chi connectivity index (χ4v) is 9.57. The number of amides is 1. The van der Waals surface area contributed by atoms with Crippen LogP contribution in [0, 0.1) is 0 Å². The number of rotatable bonds is 45. The quantitative estimate of drug-likeness (QED) is 0.0206. The van der Waals surface area contributed by atoms with Gasteiger partial charge in [0, 0.05) is 6.42 Å². The molecule has 9 N–H and O–H groups in total. The van der Waals surface area contributed by atoms with Crippen molar-refractivity contribution in [3.8, 4) is 0 Å². The Hall–Kier alpha value is -1.27. The van der Waals surface area contributed by atoms with Gasteiger partial charge in [0.1, 0.15) is 48.8 Å². The van der Waals surface area contributed by atoms with Crippen LogP contribution in [0.3, 0.4) is 0 Å². The molecule has 12 atom stereocenters. The Bertz CT molecular complexity index is 1210. The number of hydrogen-bond donors (Lipinski definition) is 9. The molecule has 69 heavy (non-hydrogen) atoms. The fraction of sp³-hybridized carbons (Fsp3) is 0.945. The molecule has 2 rings (SSSR count). The van der Waals surface area contributed by atoms with Crippen molar-refractivity contribution in [2.45, 2.75) is 312 Å². The van der Waals surface area contributed by atoms with Gasteiger partial charge in [-0.15, -0.1) is 0 Å². The summed E-state index contributed by atoms with van der Waals surface area (Å²) in [4.78, 5) is 12.7. The van der Waals surface area contributed by atoms with E-state index in [1.807, 2.05) is 13.0 Å². The molecule has 0 aliphatic carbocycles. The van der Waals surface area contributed by atoms with Crippen LogP contribution in [0.2, 0.25) is 0 Å². The molecule has 1 amide bonds. The molecule has 2 aliphatic heterocycles. The second-order valence-corrected chi connectivity index (χ2v) is 20.4. The van der Waals surface area contributed by atoms with Gasteiger partial charge in [0.05, 0.1) is 32.0 Å². The van der Waals surface area contributed by atoms with E-state index in [9.17, 15) is 45.6 Å². The summed E-state index contributed by atoms with van der Waals surface area (Å²) in [5.41, 5.74) is 0. The lowest BCUT2D eigenvalue weighted by Gasteiger charge is -2.46. The van der Waals surface area contributed by atoms with Gasteiger partial charge in [-0.25, -0.2) is 0 Å². The SMILES string of the molecule is CCCCCCCCCCCCCCCCCCCCCCCCCCCCCCCCC/C=C/C(O)C(COC1OC(CO)C(OC2OC(CO)C(O)C(O)C2O)C(O)C1O)NC(=O)CCCC. The maximum atomic E-state index is 12.7. The molecule has 2 fully saturated rings. The van der Waals surface area contributed by atoms with Crippen LogP contribution in [0.25, 0.3) is 0 Å². The summed E-state index contributed by atoms with van der Waals surface area (Å²) in [6.45, 7) is 2.55. The van der Waals surface area contributed by atoms with E-state index in [2.05, 4.69) is 12.2 Å². The Morgan fingerprint density at radius 2 is 0.899 bits per heavy atom. The Morgan fingerprint density at radius 3 is 1.32 bits per heavy atom. The first kappa shape index (κ1) is 63.8. The minimum atomic E-state index is -1.78. The third-order valence-electron chi connectivity index (χ3n) is 14.2. The van der Waals surface area contributed by atoms with Gasteiger partial charge >= 0.3 is 0 Å². The largest absolute Gasteiger partial charge is 0.394 e. The zero-order chi connectivity index (χ0) is 50.3. The zero-order valence-corrected chi connectivity index (χ0v) is 43.6. The van der Waals surface area contributed by atoms with E-state index in [1.165, 1.54) is 186 Å². The molecule has 0 saturated carbocycles. The van der Waals surface area contributed by atoms with E-state index in [-0.39, 0.29) is 18.9 Å². The normalized spacial score (nSPS) is 26.2. The Kier molecular flexibility index (Phi) is 39.0. The average Bonchev–Trinajstić information content (AvgIpc) is 3.35. The molecule has 14 nitrogen and oxygen atoms in total. The Labute approximate surface area is 418 Å². The number of aliphatic hydroxyl groups is 8. The van der Waals surface area contributed by atoms with E-state index in [0.717, 1.165) is 25.7 Å². The van der Waals surface area contributed by atoms with Crippen molar-refractivity contribution in [1.82, 2.24) is 5.32 Å². The first-order valence-electron chi connectivity index (χ1n) is 28.4. The highest BCUT2D eigenvalue weighted by Crippen LogP contribution is 2.30. The molecule has 2 saturated heterocycles. The minimum Gasteiger partial charge on any atom is -0.394 e. The monoisotopic (exact) mass is 988 g/mol. The maximum Gasteiger partial charge on any atom is 0.220 e. The van der Waals surface area contributed by atoms with Crippen molar-refractivity contribution in [2.24, 2.45) is 0 Å². The number of unbranched alkanes of at least 4 members (excludes halogenated alkanes) is 32. The van der Waals surface area contributed by atoms with Gasteiger partial charge < -0.3 is 65.1 Å². The number of aliphatic hydroxyl groups excluding tert-OH is 8. The van der Waals surface area contributed by atoms with Gasteiger partial charge in [-0.2, -0.15) is 0 Å². The molecule has 0 bridgehead atoms. The van der Waals surface area contributed by atoms with Gasteiger partial charge in [-0.05, 0) is 19.3 Å². The molecule has 0 spiro atoms. The summed E-state index contributed by atoms with van der Waals surface area (Å²) in [5.74, 6) is -0.273. The van der Waals surface area contributed by atoms with Crippen molar-refractivity contribution >= 4 is 5.91 Å². The summed E-state index contributed by atoms with van der Waals surface area (Å²) >= 11 is 0. The van der Waals surface area contributed by atoms with Gasteiger partial charge in [0.25, 0.3) is 0 Å². The van der Waals surface area contributed by atoms with Crippen LogP contribution < -0.4 is 5.32 Å². The molecule has 408 valence electrons. The molecule has 0 aromatic rings. The molecular weight excluding hydrogens is 883 g/mol. The van der Waals surface area contributed by atoms with Crippen molar-refractivity contribution < 1.29 is 64.6 Å². The molecule has 14 heteroatoms. The van der Waals surface area contributed by atoms with Crippen LogP contribution in [0.4, 0.5) is 0 Å². The van der Waals surface area contributed by atoms with E-state index < -0.39 is 86.8 Å². The van der Waals surface area contributed by atoms with Crippen LogP contribution in [-0.4, -0.2) is 140 Å². The highest BCUT2D eigenvalue weighted by Gasteiger charge is 2.51. The lowest BCUT2D eigenvalue weighted by molar-refractivity contribution is -0.359. The minimum absolute atomic E-state index is 0.258. The number of carbonyl (C=O) groups is 1. The van der Waals surface area contributed by atoms with E-state index in [4.69, 9.17) is 18.9 Å². The Balaban J connectivity index is 1.51. The van der Waals surface area contributed by atoms with Crippen LogP contribution in [0.15, 0.2) is 12.2 Å². The summed E-state index contributed by atoms with van der Waals surface area (Å²) in [5, 5.41) is 86.0. The lowest BCUT2D eigenvalue weighted by Crippen LogP contribution is -2.65. The summed E-state index contributed by atoms with van der Waals surface area (Å²) in [7, 11) is 0. The number of hydrogen-bond acceptors (Lipinski definition) is 13. The maximum absolute atomic E-state index is 12.7. The standard InChI is InChI=1S/C55H105NO13/c1-3-5-7-8-9-10-11-12-13-14-15-16-17-18-19-20-21-22-23-24-25-26-27-28-29-30-31-32-33-34-35-36-37-38-44(59)43(56-47(60)39-6-4-2)42-66-54-52(65)50(63)53(46(41-58)68-54)69-55-51(64)49(62)48(61)45(40-57)67-55/h37-38,43-46,48-55,57-59,61-65H,3-36,39-42H2,1-2H3,(H,56,60)/b38-37+. The topological polar surface area (TPSA) is 228 Å². The third-order valence-corrected chi connectivity index (χ3v) is 14.2. The van der Waals surface area contributed by atoms with E-state index >= 15 is 0 Å². The second-order valence-electron chi connectivity index (χ2n) is 20.4. The molecule has 0 aromatic heterocycles. The number of nitrogens with one attached hydrogen (secondary N) is 1. The fourth-order valence-electron chi connectivity index (χ4n) is 9.57. The molecule has 0 radical (unpaired) electrons. The first-order chi connectivity index (χ1) is 33.6. The van der Waals surface area contributed by atoms with Crippen LogP contribution in [-0.2, 0) is 23.7 Å². The summed E-state index contributed by atoms with van der Waals surface area (Å²) in [6, 6.07) is -0.905. The van der Waals surface area contributed by atoms with Gasteiger partial charge in [-0.3, -0.25) is 4.79 Å². The van der Waals surface area contributed by atoms with Crippen molar-refractivity contribution in [3.63, 3.8) is 0 Å². The van der Waals surface area contributed by atoms with Crippen molar-refractivity contribution in [1.29, 1.82) is 0 Å². The Morgan fingerprint density at radius 1 is 0.507 bits per heavy atom. The third kappa shape index (κ3) is 28.7. The van der Waals surface area contributed by atoms with Gasteiger partial charge in [0.2, 0.25) is 5.91 Å². The first-order valence-corrected chi connectivity index (χ1v) is 28.4. The molecule has 2 aliphatic rings. The number of ether oxygens (including phenoxy) is 4. The second kappa shape index (κ2) is 42.1. The van der Waals surface area contributed by atoms with E-state index in [1.54, 1.807) is 6.08 Å².